The molecule has 0 saturated carbocycles. The van der Waals surface area contributed by atoms with Crippen molar-refractivity contribution in [3.63, 3.8) is 0 Å². The van der Waals surface area contributed by atoms with Crippen molar-refractivity contribution in [1.82, 2.24) is 0 Å². The Morgan fingerprint density at radius 3 is 2.60 bits per heavy atom. The summed E-state index contributed by atoms with van der Waals surface area (Å²) in [5, 5.41) is 10.7. The van der Waals surface area contributed by atoms with Crippen molar-refractivity contribution in [2.45, 2.75) is 13.8 Å². The van der Waals surface area contributed by atoms with Gasteiger partial charge in [0, 0.05) is 24.4 Å². The van der Waals surface area contributed by atoms with Crippen LogP contribution in [0.2, 0.25) is 0 Å². The van der Waals surface area contributed by atoms with Crippen molar-refractivity contribution in [1.29, 1.82) is 0 Å². The van der Waals surface area contributed by atoms with E-state index < -0.39 is 11.9 Å². The fraction of sp³-hybridized carbons (Fsp3) is 0.333. The third-order valence-electron chi connectivity index (χ3n) is 2.73. The van der Waals surface area contributed by atoms with E-state index in [1.54, 1.807) is 31.9 Å². The normalized spacial score (nSPS) is 11.1. The number of benzene rings is 1. The van der Waals surface area contributed by atoms with E-state index in [1.165, 1.54) is 6.08 Å². The minimum atomic E-state index is -1.16. The van der Waals surface area contributed by atoms with Crippen molar-refractivity contribution in [3.05, 3.63) is 35.9 Å². The van der Waals surface area contributed by atoms with Gasteiger partial charge in [-0.25, -0.2) is 4.79 Å². The number of carboxylic acid groups (broad SMARTS) is 1. The Kier molecular flexibility index (Phi) is 5.77. The van der Waals surface area contributed by atoms with Crippen LogP contribution in [0.1, 0.15) is 19.4 Å². The lowest BCUT2D eigenvalue weighted by Crippen LogP contribution is -2.36. The fourth-order valence-electron chi connectivity index (χ4n) is 1.86. The lowest BCUT2D eigenvalue weighted by atomic mass is 10.0. The molecule has 1 aromatic carbocycles. The van der Waals surface area contributed by atoms with Gasteiger partial charge in [0.05, 0.1) is 19.1 Å². The zero-order chi connectivity index (χ0) is 15.1. The molecule has 5 nitrogen and oxygen atoms in total. The Morgan fingerprint density at radius 2 is 2.00 bits per heavy atom. The Morgan fingerprint density at radius 1 is 1.35 bits per heavy atom. The van der Waals surface area contributed by atoms with E-state index in [9.17, 15) is 14.7 Å². The summed E-state index contributed by atoms with van der Waals surface area (Å²) < 4.78 is 4.87. The van der Waals surface area contributed by atoms with Gasteiger partial charge < -0.3 is 19.5 Å². The summed E-state index contributed by atoms with van der Waals surface area (Å²) >= 11 is 0. The summed E-state index contributed by atoms with van der Waals surface area (Å²) in [6, 6.07) is 7.25. The van der Waals surface area contributed by atoms with E-state index in [0.717, 1.165) is 11.3 Å². The summed E-state index contributed by atoms with van der Waals surface area (Å²) in [6.45, 7) is 3.61. The molecule has 0 heterocycles. The summed E-state index contributed by atoms with van der Waals surface area (Å²) in [7, 11) is 1.66. The van der Waals surface area contributed by atoms with Crippen LogP contribution in [0.15, 0.2) is 30.3 Å². The van der Waals surface area contributed by atoms with Gasteiger partial charge in [0.25, 0.3) is 0 Å². The van der Waals surface area contributed by atoms with Gasteiger partial charge in [-0.2, -0.15) is 0 Å². The molecule has 5 heteroatoms. The Hall–Kier alpha value is -2.30. The topological polar surface area (TPSA) is 69.7 Å². The highest BCUT2D eigenvalue weighted by atomic mass is 16.5. The minimum absolute atomic E-state index is 0.219. The summed E-state index contributed by atoms with van der Waals surface area (Å²) in [5.74, 6) is -1.57. The first kappa shape index (κ1) is 15.8. The van der Waals surface area contributed by atoms with Gasteiger partial charge in [-0.1, -0.05) is 18.2 Å². The molecule has 0 unspecified atom stereocenters. The van der Waals surface area contributed by atoms with Gasteiger partial charge >= 0.3 is 5.97 Å². The van der Waals surface area contributed by atoms with Crippen LogP contribution in [0, 0.1) is 0 Å². The van der Waals surface area contributed by atoms with Gasteiger partial charge in [-0.15, -0.1) is 0 Å². The first-order valence-corrected chi connectivity index (χ1v) is 6.31. The van der Waals surface area contributed by atoms with Crippen LogP contribution in [0.5, 0.6) is 0 Å². The molecule has 108 valence electrons. The molecule has 0 aliphatic rings. The molecule has 0 atom stereocenters. The molecular formula is C15H18NO4-. The molecule has 0 spiro atoms. The third kappa shape index (κ3) is 4.42. The first-order valence-electron chi connectivity index (χ1n) is 6.31. The van der Waals surface area contributed by atoms with Gasteiger partial charge in [-0.3, -0.25) is 0 Å². The van der Waals surface area contributed by atoms with Crippen molar-refractivity contribution < 1.29 is 19.4 Å². The lowest BCUT2D eigenvalue weighted by molar-refractivity contribution is -0.303. The molecule has 1 rings (SSSR count). The number of aliphatic carboxylic acids is 1. The Balaban J connectivity index is 3.06. The number of likely N-dealkylation sites (N-methyl/N-ethyl adjacent to an activating group) is 1. The van der Waals surface area contributed by atoms with Crippen LogP contribution in [-0.4, -0.2) is 32.1 Å². The Bertz CT molecular complexity index is 522. The minimum Gasteiger partial charge on any atom is -0.548 e. The zero-order valence-corrected chi connectivity index (χ0v) is 11.9. The summed E-state index contributed by atoms with van der Waals surface area (Å²) in [5.41, 5.74) is 2.21. The second-order valence-corrected chi connectivity index (χ2v) is 4.32. The molecule has 0 aromatic heterocycles. The monoisotopic (exact) mass is 276 g/mol. The number of carbonyl (C=O) groups is 2. The van der Waals surface area contributed by atoms with Crippen LogP contribution in [0.4, 0.5) is 5.69 Å². The highest BCUT2D eigenvalue weighted by Gasteiger charge is 2.09. The zero-order valence-electron chi connectivity index (χ0n) is 11.9. The maximum atomic E-state index is 11.5. The van der Waals surface area contributed by atoms with Crippen LogP contribution < -0.4 is 10.0 Å². The van der Waals surface area contributed by atoms with Gasteiger partial charge in [0.1, 0.15) is 0 Å². The summed E-state index contributed by atoms with van der Waals surface area (Å²) in [4.78, 5) is 23.7. The van der Waals surface area contributed by atoms with E-state index in [0.29, 0.717) is 12.2 Å². The van der Waals surface area contributed by atoms with Crippen LogP contribution in [-0.2, 0) is 14.3 Å². The first-order chi connectivity index (χ1) is 9.45. The average molecular weight is 276 g/mol. The number of hydrogen-bond donors (Lipinski definition) is 0. The van der Waals surface area contributed by atoms with E-state index in [2.05, 4.69) is 0 Å². The van der Waals surface area contributed by atoms with Crippen molar-refractivity contribution >= 4 is 23.2 Å². The molecule has 1 aromatic rings. The molecule has 20 heavy (non-hydrogen) atoms. The maximum Gasteiger partial charge on any atom is 0.331 e. The molecule has 0 aliphatic carbocycles. The van der Waals surface area contributed by atoms with Crippen molar-refractivity contribution in [2.24, 2.45) is 0 Å². The van der Waals surface area contributed by atoms with Crippen molar-refractivity contribution in [3.8, 4) is 0 Å². The average Bonchev–Trinajstić information content (AvgIpc) is 2.38. The summed E-state index contributed by atoms with van der Waals surface area (Å²) in [6.07, 6.45) is 1.40. The van der Waals surface area contributed by atoms with Crippen LogP contribution in [0.3, 0.4) is 0 Å². The quantitative estimate of drug-likeness (QED) is 0.569. The highest BCUT2D eigenvalue weighted by molar-refractivity contribution is 5.93. The number of carbonyl (C=O) groups excluding carboxylic acids is 2. The lowest BCUT2D eigenvalue weighted by Gasteiger charge is -2.23. The smallest absolute Gasteiger partial charge is 0.331 e. The number of para-hydroxylation sites is 1. The second-order valence-electron chi connectivity index (χ2n) is 4.32. The van der Waals surface area contributed by atoms with Crippen molar-refractivity contribution in [2.75, 3.05) is 25.1 Å². The molecular weight excluding hydrogens is 258 g/mol. The van der Waals surface area contributed by atoms with Gasteiger partial charge in [-0.05, 0) is 25.5 Å². The van der Waals surface area contributed by atoms with E-state index in [1.807, 2.05) is 18.2 Å². The predicted molar refractivity (Wildman–Crippen MR) is 75.0 cm³/mol. The molecule has 0 fully saturated rings. The van der Waals surface area contributed by atoms with Crippen LogP contribution >= 0.6 is 0 Å². The molecule has 0 bridgehead atoms. The Labute approximate surface area is 118 Å². The molecule has 0 aliphatic heterocycles. The number of carboxylic acids is 1. The largest absolute Gasteiger partial charge is 0.548 e. The van der Waals surface area contributed by atoms with E-state index in [-0.39, 0.29) is 6.54 Å². The number of allylic oxidation sites excluding steroid dienone is 1. The van der Waals surface area contributed by atoms with E-state index in [4.69, 9.17) is 4.74 Å². The van der Waals surface area contributed by atoms with Crippen LogP contribution in [0.25, 0.3) is 5.57 Å². The molecule has 0 N–H and O–H groups in total. The number of anilines is 1. The predicted octanol–water partition coefficient (Wildman–Crippen LogP) is 0.839. The number of ether oxygens (including phenoxy) is 1. The number of rotatable bonds is 6. The second kappa shape index (κ2) is 7.33. The number of hydrogen-bond acceptors (Lipinski definition) is 5. The fourth-order valence-corrected chi connectivity index (χ4v) is 1.86. The number of esters is 1. The SMILES string of the molecule is CCOC(=O)/C=C(\C)c1ccccc1N(C)CC(=O)[O-]. The maximum absolute atomic E-state index is 11.5. The standard InChI is InChI=1S/C15H19NO4/c1-4-20-15(19)9-11(2)12-7-5-6-8-13(12)16(3)10-14(17)18/h5-9H,4,10H2,1-3H3,(H,17,18)/p-1/b11-9+. The van der Waals surface area contributed by atoms with Gasteiger partial charge in [0.15, 0.2) is 0 Å². The highest BCUT2D eigenvalue weighted by Crippen LogP contribution is 2.26. The molecule has 0 saturated heterocycles. The molecule has 0 radical (unpaired) electrons. The third-order valence-corrected chi connectivity index (χ3v) is 2.73. The number of nitrogens with zero attached hydrogens (tertiary/aromatic N) is 1. The van der Waals surface area contributed by atoms with Gasteiger partial charge in [0.2, 0.25) is 0 Å². The van der Waals surface area contributed by atoms with E-state index >= 15 is 0 Å². The molecule has 0 amide bonds.